The molecule has 0 saturated heterocycles. The normalized spacial score (nSPS) is 11.1. The van der Waals surface area contributed by atoms with Crippen molar-refractivity contribution in [3.8, 4) is 11.5 Å². The van der Waals surface area contributed by atoms with Crippen LogP contribution in [0, 0.1) is 19.7 Å². The van der Waals surface area contributed by atoms with Crippen LogP contribution in [0.25, 0.3) is 11.5 Å². The number of oxazole rings is 1. The second-order valence-corrected chi connectivity index (χ2v) is 5.38. The van der Waals surface area contributed by atoms with Gasteiger partial charge in [-0.2, -0.15) is 0 Å². The number of rotatable bonds is 6. The molecule has 2 heterocycles. The fourth-order valence-corrected chi connectivity index (χ4v) is 2.33. The van der Waals surface area contributed by atoms with Crippen molar-refractivity contribution in [3.63, 3.8) is 0 Å². The molecule has 0 amide bonds. The Morgan fingerprint density at radius 2 is 1.96 bits per heavy atom. The quantitative estimate of drug-likeness (QED) is 0.706. The van der Waals surface area contributed by atoms with Gasteiger partial charge in [-0.1, -0.05) is 5.16 Å². The fraction of sp³-hybridized carbons (Fsp3) is 0.294. The maximum atomic E-state index is 12.9. The molecular formula is C17H18FN3O2. The van der Waals surface area contributed by atoms with Crippen LogP contribution in [0.5, 0.6) is 0 Å². The van der Waals surface area contributed by atoms with Gasteiger partial charge in [0, 0.05) is 30.6 Å². The Morgan fingerprint density at radius 1 is 1.17 bits per heavy atom. The molecule has 1 N–H and O–H groups in total. The summed E-state index contributed by atoms with van der Waals surface area (Å²) < 4.78 is 23.5. The second-order valence-electron chi connectivity index (χ2n) is 5.38. The fourth-order valence-electron chi connectivity index (χ4n) is 2.33. The molecular weight excluding hydrogens is 297 g/mol. The molecule has 2 aromatic heterocycles. The molecule has 3 aromatic rings. The molecule has 5 nitrogen and oxygen atoms in total. The number of benzene rings is 1. The van der Waals surface area contributed by atoms with E-state index in [1.165, 1.54) is 12.1 Å². The molecule has 1 aromatic carbocycles. The Bertz CT molecular complexity index is 758. The monoisotopic (exact) mass is 315 g/mol. The molecule has 0 unspecified atom stereocenters. The summed E-state index contributed by atoms with van der Waals surface area (Å²) in [7, 11) is 0. The van der Waals surface area contributed by atoms with Gasteiger partial charge in [-0.15, -0.1) is 0 Å². The van der Waals surface area contributed by atoms with E-state index < -0.39 is 0 Å². The number of nitrogens with one attached hydrogen (secondary N) is 1. The minimum Gasteiger partial charge on any atom is -0.444 e. The van der Waals surface area contributed by atoms with Gasteiger partial charge < -0.3 is 14.3 Å². The molecule has 0 saturated carbocycles. The van der Waals surface area contributed by atoms with E-state index in [4.69, 9.17) is 8.94 Å². The summed E-state index contributed by atoms with van der Waals surface area (Å²) in [6, 6.07) is 6.09. The van der Waals surface area contributed by atoms with Gasteiger partial charge in [-0.25, -0.2) is 9.37 Å². The molecule has 0 bridgehead atoms. The lowest BCUT2D eigenvalue weighted by Gasteiger charge is -2.02. The molecule has 0 spiro atoms. The standard InChI is InChI=1S/C17H18FN3O2/c1-11-16(12(2)23-21-11)9-19-8-7-15-10-22-17(20-15)13-3-5-14(18)6-4-13/h3-6,10,19H,7-9H2,1-2H3. The first-order valence-corrected chi connectivity index (χ1v) is 7.46. The van der Waals surface area contributed by atoms with Gasteiger partial charge in [0.25, 0.3) is 0 Å². The minimum absolute atomic E-state index is 0.274. The highest BCUT2D eigenvalue weighted by Gasteiger charge is 2.09. The van der Waals surface area contributed by atoms with Crippen LogP contribution in [0.4, 0.5) is 4.39 Å². The Morgan fingerprint density at radius 3 is 2.65 bits per heavy atom. The summed E-state index contributed by atoms with van der Waals surface area (Å²) in [5, 5.41) is 7.27. The number of halogens is 1. The van der Waals surface area contributed by atoms with Crippen LogP contribution in [0.15, 0.2) is 39.5 Å². The Labute approximate surface area is 133 Å². The topological polar surface area (TPSA) is 64.1 Å². The number of nitrogens with zero attached hydrogens (tertiary/aromatic N) is 2. The summed E-state index contributed by atoms with van der Waals surface area (Å²) in [6.45, 7) is 5.31. The van der Waals surface area contributed by atoms with Crippen LogP contribution >= 0.6 is 0 Å². The first-order valence-electron chi connectivity index (χ1n) is 7.46. The zero-order valence-corrected chi connectivity index (χ0v) is 13.1. The molecule has 0 radical (unpaired) electrons. The third kappa shape index (κ3) is 3.65. The summed E-state index contributed by atoms with van der Waals surface area (Å²) in [5.74, 6) is 1.07. The third-order valence-electron chi connectivity index (χ3n) is 3.68. The van der Waals surface area contributed by atoms with Gasteiger partial charge >= 0.3 is 0 Å². The molecule has 0 atom stereocenters. The zero-order valence-electron chi connectivity index (χ0n) is 13.1. The van der Waals surface area contributed by atoms with Gasteiger partial charge in [0.1, 0.15) is 17.8 Å². The zero-order chi connectivity index (χ0) is 16.2. The first-order chi connectivity index (χ1) is 11.1. The SMILES string of the molecule is Cc1noc(C)c1CNCCc1coc(-c2ccc(F)cc2)n1. The van der Waals surface area contributed by atoms with Crippen LogP contribution in [0.3, 0.4) is 0 Å². The number of aryl methyl sites for hydroxylation is 2. The molecule has 0 aliphatic rings. The summed E-state index contributed by atoms with van der Waals surface area (Å²) >= 11 is 0. The lowest BCUT2D eigenvalue weighted by molar-refractivity contribution is 0.392. The predicted octanol–water partition coefficient (Wildman–Crippen LogP) is 3.42. The maximum absolute atomic E-state index is 12.9. The van der Waals surface area contributed by atoms with Crippen LogP contribution in [0.2, 0.25) is 0 Å². The minimum atomic E-state index is -0.274. The van der Waals surface area contributed by atoms with Crippen LogP contribution in [-0.4, -0.2) is 16.7 Å². The Balaban J connectivity index is 1.52. The van der Waals surface area contributed by atoms with Gasteiger partial charge in [-0.05, 0) is 38.1 Å². The van der Waals surface area contributed by atoms with Crippen molar-refractivity contribution in [2.24, 2.45) is 0 Å². The summed E-state index contributed by atoms with van der Waals surface area (Å²) in [6.07, 6.45) is 2.38. The van der Waals surface area contributed by atoms with Crippen LogP contribution < -0.4 is 5.32 Å². The molecule has 3 rings (SSSR count). The number of hydrogen-bond acceptors (Lipinski definition) is 5. The van der Waals surface area contributed by atoms with E-state index in [0.29, 0.717) is 12.4 Å². The average Bonchev–Trinajstić information content (AvgIpc) is 3.13. The molecule has 23 heavy (non-hydrogen) atoms. The van der Waals surface area contributed by atoms with Crippen molar-refractivity contribution in [1.29, 1.82) is 0 Å². The smallest absolute Gasteiger partial charge is 0.226 e. The molecule has 120 valence electrons. The Hall–Kier alpha value is -2.47. The highest BCUT2D eigenvalue weighted by atomic mass is 19.1. The molecule has 0 fully saturated rings. The van der Waals surface area contributed by atoms with Gasteiger partial charge in [0.15, 0.2) is 0 Å². The van der Waals surface area contributed by atoms with Crippen molar-refractivity contribution in [1.82, 2.24) is 15.5 Å². The number of hydrogen-bond donors (Lipinski definition) is 1. The Kier molecular flexibility index (Phi) is 4.52. The van der Waals surface area contributed by atoms with E-state index >= 15 is 0 Å². The van der Waals surface area contributed by atoms with Crippen LogP contribution in [0.1, 0.15) is 22.7 Å². The average molecular weight is 315 g/mol. The van der Waals surface area contributed by atoms with Crippen molar-refractivity contribution < 1.29 is 13.3 Å². The second kappa shape index (κ2) is 6.75. The van der Waals surface area contributed by atoms with E-state index in [1.54, 1.807) is 18.4 Å². The van der Waals surface area contributed by atoms with E-state index in [0.717, 1.165) is 41.2 Å². The largest absolute Gasteiger partial charge is 0.444 e. The highest BCUT2D eigenvalue weighted by molar-refractivity contribution is 5.52. The summed E-state index contributed by atoms with van der Waals surface area (Å²) in [5.41, 5.74) is 3.63. The van der Waals surface area contributed by atoms with E-state index in [1.807, 2.05) is 13.8 Å². The van der Waals surface area contributed by atoms with Crippen molar-refractivity contribution >= 4 is 0 Å². The third-order valence-corrected chi connectivity index (χ3v) is 3.68. The lowest BCUT2D eigenvalue weighted by Crippen LogP contribution is -2.17. The van der Waals surface area contributed by atoms with Crippen molar-refractivity contribution in [2.75, 3.05) is 6.54 Å². The lowest BCUT2D eigenvalue weighted by atomic mass is 10.2. The van der Waals surface area contributed by atoms with Crippen molar-refractivity contribution in [3.05, 3.63) is 59.1 Å². The first kappa shape index (κ1) is 15.4. The number of aromatic nitrogens is 2. The highest BCUT2D eigenvalue weighted by Crippen LogP contribution is 2.19. The molecule has 0 aliphatic heterocycles. The predicted molar refractivity (Wildman–Crippen MR) is 83.3 cm³/mol. The maximum Gasteiger partial charge on any atom is 0.226 e. The van der Waals surface area contributed by atoms with E-state index in [9.17, 15) is 4.39 Å². The van der Waals surface area contributed by atoms with Gasteiger partial charge in [0.05, 0.1) is 11.4 Å². The van der Waals surface area contributed by atoms with E-state index in [2.05, 4.69) is 15.5 Å². The van der Waals surface area contributed by atoms with Gasteiger partial charge in [0.2, 0.25) is 5.89 Å². The van der Waals surface area contributed by atoms with Crippen molar-refractivity contribution in [2.45, 2.75) is 26.8 Å². The van der Waals surface area contributed by atoms with Crippen LogP contribution in [-0.2, 0) is 13.0 Å². The molecule has 6 heteroatoms. The summed E-state index contributed by atoms with van der Waals surface area (Å²) in [4.78, 5) is 4.42. The molecule has 0 aliphatic carbocycles. The van der Waals surface area contributed by atoms with E-state index in [-0.39, 0.29) is 5.82 Å². The van der Waals surface area contributed by atoms with Gasteiger partial charge in [-0.3, -0.25) is 0 Å².